The first kappa shape index (κ1) is 15.9. The highest BCUT2D eigenvalue weighted by Crippen LogP contribution is 2.32. The highest BCUT2D eigenvalue weighted by Gasteiger charge is 2.23. The van der Waals surface area contributed by atoms with Crippen LogP contribution in [-0.2, 0) is 13.1 Å². The van der Waals surface area contributed by atoms with Crippen LogP contribution in [0.25, 0.3) is 11.4 Å². The van der Waals surface area contributed by atoms with Crippen LogP contribution >= 0.6 is 27.7 Å². The highest BCUT2D eigenvalue weighted by atomic mass is 79.9. The molecule has 1 aromatic heterocycles. The van der Waals surface area contributed by atoms with Crippen LogP contribution in [0.15, 0.2) is 64.2 Å². The van der Waals surface area contributed by atoms with E-state index in [1.807, 2.05) is 18.2 Å². The van der Waals surface area contributed by atoms with Crippen molar-refractivity contribution in [2.75, 3.05) is 12.4 Å². The lowest BCUT2D eigenvalue weighted by atomic mass is 10.1. The minimum absolute atomic E-state index is 0.832. The molecule has 0 fully saturated rings. The van der Waals surface area contributed by atoms with Gasteiger partial charge in [-0.05, 0) is 18.1 Å². The van der Waals surface area contributed by atoms with Gasteiger partial charge in [0.15, 0.2) is 11.0 Å². The molecule has 0 radical (unpaired) electrons. The van der Waals surface area contributed by atoms with Crippen LogP contribution in [0.2, 0.25) is 0 Å². The Bertz CT molecular complexity index is 834. The van der Waals surface area contributed by atoms with E-state index in [-0.39, 0.29) is 0 Å². The molecule has 0 unspecified atom stereocenters. The standard InChI is InChI=1S/C18H17BrN4S/c19-16-9-5-4-8-15(16)17-20-21-18-23(17)12-22(13-24-18)11-10-14-6-2-1-3-7-14/h1-9H,10-13H2. The van der Waals surface area contributed by atoms with Crippen LogP contribution in [0.3, 0.4) is 0 Å². The van der Waals surface area contributed by atoms with Gasteiger partial charge in [0.1, 0.15) is 0 Å². The van der Waals surface area contributed by atoms with Gasteiger partial charge in [-0.25, -0.2) is 0 Å². The number of aromatic nitrogens is 3. The minimum Gasteiger partial charge on any atom is -0.288 e. The largest absolute Gasteiger partial charge is 0.288 e. The minimum atomic E-state index is 0.832. The molecular formula is C18H17BrN4S. The quantitative estimate of drug-likeness (QED) is 0.654. The number of halogens is 1. The maximum atomic E-state index is 4.42. The third kappa shape index (κ3) is 3.27. The van der Waals surface area contributed by atoms with Crippen molar-refractivity contribution < 1.29 is 0 Å². The van der Waals surface area contributed by atoms with E-state index in [9.17, 15) is 0 Å². The van der Waals surface area contributed by atoms with Crippen molar-refractivity contribution in [3.8, 4) is 11.4 Å². The highest BCUT2D eigenvalue weighted by molar-refractivity contribution is 9.10. The van der Waals surface area contributed by atoms with E-state index in [1.54, 1.807) is 11.8 Å². The second-order valence-electron chi connectivity index (χ2n) is 5.76. The Kier molecular flexibility index (Phi) is 4.69. The lowest BCUT2D eigenvalue weighted by molar-refractivity contribution is 0.242. The molecule has 0 bridgehead atoms. The predicted molar refractivity (Wildman–Crippen MR) is 101 cm³/mol. The van der Waals surface area contributed by atoms with E-state index >= 15 is 0 Å². The summed E-state index contributed by atoms with van der Waals surface area (Å²) < 4.78 is 3.26. The zero-order chi connectivity index (χ0) is 16.4. The fraction of sp³-hybridized carbons (Fsp3) is 0.222. The molecule has 3 aromatic rings. The molecule has 24 heavy (non-hydrogen) atoms. The Morgan fingerprint density at radius 1 is 1.00 bits per heavy atom. The van der Waals surface area contributed by atoms with Gasteiger partial charge in [-0.1, -0.05) is 76.2 Å². The fourth-order valence-electron chi connectivity index (χ4n) is 2.82. The topological polar surface area (TPSA) is 34.0 Å². The Balaban J connectivity index is 1.52. The molecule has 2 aromatic carbocycles. The molecule has 1 aliphatic rings. The Hall–Kier alpha value is -1.63. The van der Waals surface area contributed by atoms with Crippen LogP contribution < -0.4 is 0 Å². The second kappa shape index (κ2) is 7.09. The molecule has 6 heteroatoms. The summed E-state index contributed by atoms with van der Waals surface area (Å²) in [7, 11) is 0. The SMILES string of the molecule is Brc1ccccc1-c1nnc2n1CN(CCc1ccccc1)CS2. The lowest BCUT2D eigenvalue weighted by Gasteiger charge is -2.27. The zero-order valence-corrected chi connectivity index (χ0v) is 15.5. The Morgan fingerprint density at radius 3 is 2.62 bits per heavy atom. The van der Waals surface area contributed by atoms with Gasteiger partial charge in [0.25, 0.3) is 0 Å². The van der Waals surface area contributed by atoms with Crippen LogP contribution in [-0.4, -0.2) is 32.1 Å². The number of fused-ring (bicyclic) bond motifs is 1. The zero-order valence-electron chi connectivity index (χ0n) is 13.1. The van der Waals surface area contributed by atoms with Gasteiger partial charge in [0.05, 0.1) is 12.5 Å². The van der Waals surface area contributed by atoms with Crippen LogP contribution in [0.4, 0.5) is 0 Å². The van der Waals surface area contributed by atoms with Gasteiger partial charge < -0.3 is 0 Å². The molecule has 4 rings (SSSR count). The molecule has 0 aliphatic carbocycles. The molecule has 2 heterocycles. The number of rotatable bonds is 4. The monoisotopic (exact) mass is 400 g/mol. The Labute approximate surface area is 154 Å². The number of benzene rings is 2. The predicted octanol–water partition coefficient (Wildman–Crippen LogP) is 4.27. The van der Waals surface area contributed by atoms with Gasteiger partial charge in [0, 0.05) is 16.6 Å². The first-order valence-corrected chi connectivity index (χ1v) is 9.66. The summed E-state index contributed by atoms with van der Waals surface area (Å²) in [5.41, 5.74) is 2.46. The fourth-order valence-corrected chi connectivity index (χ4v) is 4.19. The van der Waals surface area contributed by atoms with E-state index in [1.165, 1.54) is 5.56 Å². The maximum absolute atomic E-state index is 4.42. The van der Waals surface area contributed by atoms with Crippen molar-refractivity contribution in [1.82, 2.24) is 19.7 Å². The van der Waals surface area contributed by atoms with Gasteiger partial charge in [-0.15, -0.1) is 10.2 Å². The lowest BCUT2D eigenvalue weighted by Crippen LogP contribution is -2.32. The summed E-state index contributed by atoms with van der Waals surface area (Å²) in [6, 6.07) is 18.8. The van der Waals surface area contributed by atoms with E-state index in [2.05, 4.69) is 72.0 Å². The van der Waals surface area contributed by atoms with E-state index in [0.717, 1.165) is 46.5 Å². The van der Waals surface area contributed by atoms with Crippen molar-refractivity contribution in [3.63, 3.8) is 0 Å². The summed E-state index contributed by atoms with van der Waals surface area (Å²) >= 11 is 5.37. The van der Waals surface area contributed by atoms with E-state index < -0.39 is 0 Å². The van der Waals surface area contributed by atoms with E-state index in [0.29, 0.717) is 0 Å². The smallest absolute Gasteiger partial charge is 0.193 e. The molecule has 0 saturated carbocycles. The average Bonchev–Trinajstić information content (AvgIpc) is 3.04. The maximum Gasteiger partial charge on any atom is 0.193 e. The van der Waals surface area contributed by atoms with E-state index in [4.69, 9.17) is 0 Å². The third-order valence-electron chi connectivity index (χ3n) is 4.11. The molecule has 0 spiro atoms. The van der Waals surface area contributed by atoms with Crippen molar-refractivity contribution in [2.45, 2.75) is 18.2 Å². The van der Waals surface area contributed by atoms with Crippen molar-refractivity contribution >= 4 is 27.7 Å². The van der Waals surface area contributed by atoms with Crippen LogP contribution in [0.1, 0.15) is 5.56 Å². The number of hydrogen-bond donors (Lipinski definition) is 0. The summed E-state index contributed by atoms with van der Waals surface area (Å²) in [5.74, 6) is 1.88. The normalized spacial score (nSPS) is 14.5. The van der Waals surface area contributed by atoms with Crippen molar-refractivity contribution in [1.29, 1.82) is 0 Å². The number of hydrogen-bond acceptors (Lipinski definition) is 4. The van der Waals surface area contributed by atoms with Gasteiger partial charge in [0.2, 0.25) is 0 Å². The summed E-state index contributed by atoms with van der Waals surface area (Å²) in [5, 5.41) is 9.77. The first-order valence-electron chi connectivity index (χ1n) is 7.88. The summed E-state index contributed by atoms with van der Waals surface area (Å²) in [6.07, 6.45) is 1.06. The van der Waals surface area contributed by atoms with Crippen molar-refractivity contribution in [2.24, 2.45) is 0 Å². The first-order chi connectivity index (χ1) is 11.8. The van der Waals surface area contributed by atoms with Gasteiger partial charge in [-0.3, -0.25) is 9.47 Å². The molecule has 122 valence electrons. The number of thioether (sulfide) groups is 1. The third-order valence-corrected chi connectivity index (χ3v) is 5.85. The van der Waals surface area contributed by atoms with Gasteiger partial charge >= 0.3 is 0 Å². The average molecular weight is 401 g/mol. The molecule has 0 saturated heterocycles. The molecule has 0 N–H and O–H groups in total. The molecular weight excluding hydrogens is 384 g/mol. The molecule has 0 amide bonds. The van der Waals surface area contributed by atoms with Crippen LogP contribution in [0.5, 0.6) is 0 Å². The molecule has 4 nitrogen and oxygen atoms in total. The number of nitrogens with zero attached hydrogens (tertiary/aromatic N) is 4. The Morgan fingerprint density at radius 2 is 1.79 bits per heavy atom. The van der Waals surface area contributed by atoms with Gasteiger partial charge in [-0.2, -0.15) is 0 Å². The van der Waals surface area contributed by atoms with Crippen LogP contribution in [0, 0.1) is 0 Å². The molecule has 1 aliphatic heterocycles. The summed E-state index contributed by atoms with van der Waals surface area (Å²) in [6.45, 7) is 1.86. The summed E-state index contributed by atoms with van der Waals surface area (Å²) in [4.78, 5) is 2.44. The van der Waals surface area contributed by atoms with Crippen molar-refractivity contribution in [3.05, 3.63) is 64.6 Å². The second-order valence-corrected chi connectivity index (χ2v) is 7.53. The molecule has 0 atom stereocenters.